The molecular weight excluding hydrogens is 132 g/mol. The molecule has 0 bridgehead atoms. The Morgan fingerprint density at radius 3 is 2.64 bits per heavy atom. The maximum Gasteiger partial charge on any atom is -0.0214 e. The summed E-state index contributed by atoms with van der Waals surface area (Å²) in [5, 5.41) is 0. The normalized spacial score (nSPS) is 12.6. The van der Waals surface area contributed by atoms with Crippen LogP contribution < -0.4 is 0 Å². The van der Waals surface area contributed by atoms with Gasteiger partial charge >= 0.3 is 0 Å². The van der Waals surface area contributed by atoms with E-state index in [1.165, 1.54) is 0 Å². The highest BCUT2D eigenvalue weighted by atomic mass is 13.9. The van der Waals surface area contributed by atoms with E-state index in [0.717, 1.165) is 12.8 Å². The smallest absolute Gasteiger partial charge is 0.0214 e. The van der Waals surface area contributed by atoms with Crippen LogP contribution in [0.5, 0.6) is 0 Å². The first-order valence-corrected chi connectivity index (χ1v) is 4.33. The van der Waals surface area contributed by atoms with Crippen LogP contribution >= 0.6 is 0 Å². The molecule has 0 saturated heterocycles. The van der Waals surface area contributed by atoms with Gasteiger partial charge in [-0.15, -0.1) is 5.73 Å². The van der Waals surface area contributed by atoms with Crippen LogP contribution in [0.3, 0.4) is 0 Å². The second kappa shape index (κ2) is 7.37. The SMILES string of the molecule is CC=CC(C)CC=C=CCC. The zero-order valence-corrected chi connectivity index (χ0v) is 7.80. The minimum atomic E-state index is 0.651. The largest absolute Gasteiger partial charge is 0.130 e. The third-order valence-corrected chi connectivity index (χ3v) is 1.45. The Morgan fingerprint density at radius 2 is 2.09 bits per heavy atom. The Balaban J connectivity index is 3.60. The lowest BCUT2D eigenvalue weighted by molar-refractivity contribution is 0.744. The Labute approximate surface area is 70.3 Å². The van der Waals surface area contributed by atoms with Gasteiger partial charge in [-0.3, -0.25) is 0 Å². The van der Waals surface area contributed by atoms with E-state index in [2.05, 4.69) is 50.8 Å². The number of hydrogen-bond acceptors (Lipinski definition) is 0. The lowest BCUT2D eigenvalue weighted by atomic mass is 10.1. The first kappa shape index (κ1) is 10.3. The van der Waals surface area contributed by atoms with Crippen molar-refractivity contribution in [1.82, 2.24) is 0 Å². The third-order valence-electron chi connectivity index (χ3n) is 1.45. The number of hydrogen-bond donors (Lipinski definition) is 0. The summed E-state index contributed by atoms with van der Waals surface area (Å²) in [7, 11) is 0. The molecule has 0 saturated carbocycles. The van der Waals surface area contributed by atoms with Crippen molar-refractivity contribution in [2.75, 3.05) is 0 Å². The predicted molar refractivity (Wildman–Crippen MR) is 51.5 cm³/mol. The summed E-state index contributed by atoms with van der Waals surface area (Å²) in [6.07, 6.45) is 10.7. The molecule has 11 heavy (non-hydrogen) atoms. The van der Waals surface area contributed by atoms with Crippen molar-refractivity contribution >= 4 is 0 Å². The van der Waals surface area contributed by atoms with Crippen LogP contribution in [0.2, 0.25) is 0 Å². The molecule has 0 aromatic rings. The highest BCUT2D eigenvalue weighted by Crippen LogP contribution is 2.03. The van der Waals surface area contributed by atoms with Gasteiger partial charge in [0, 0.05) is 0 Å². The third kappa shape index (κ3) is 7.15. The molecule has 0 spiro atoms. The average molecular weight is 150 g/mol. The molecule has 0 aliphatic rings. The maximum absolute atomic E-state index is 3.14. The summed E-state index contributed by atoms with van der Waals surface area (Å²) < 4.78 is 0. The van der Waals surface area contributed by atoms with Gasteiger partial charge in [-0.05, 0) is 37.8 Å². The Morgan fingerprint density at radius 1 is 1.36 bits per heavy atom. The monoisotopic (exact) mass is 150 g/mol. The lowest BCUT2D eigenvalue weighted by Crippen LogP contribution is -1.83. The van der Waals surface area contributed by atoms with Gasteiger partial charge in [0.2, 0.25) is 0 Å². The number of rotatable bonds is 4. The molecule has 62 valence electrons. The summed E-state index contributed by atoms with van der Waals surface area (Å²) >= 11 is 0. The van der Waals surface area contributed by atoms with E-state index in [9.17, 15) is 0 Å². The highest BCUT2D eigenvalue weighted by Gasteiger charge is 1.89. The molecule has 1 atom stereocenters. The van der Waals surface area contributed by atoms with E-state index in [1.807, 2.05) is 0 Å². The van der Waals surface area contributed by atoms with Gasteiger partial charge < -0.3 is 0 Å². The fourth-order valence-electron chi connectivity index (χ4n) is 0.862. The minimum absolute atomic E-state index is 0.651. The number of allylic oxidation sites excluding steroid dienone is 3. The molecule has 0 aliphatic heterocycles. The minimum Gasteiger partial charge on any atom is -0.130 e. The van der Waals surface area contributed by atoms with Crippen LogP contribution in [0.1, 0.15) is 33.6 Å². The van der Waals surface area contributed by atoms with E-state index >= 15 is 0 Å². The van der Waals surface area contributed by atoms with Gasteiger partial charge in [-0.2, -0.15) is 0 Å². The molecule has 1 unspecified atom stereocenters. The lowest BCUT2D eigenvalue weighted by Gasteiger charge is -1.97. The van der Waals surface area contributed by atoms with Gasteiger partial charge in [-0.1, -0.05) is 26.0 Å². The summed E-state index contributed by atoms with van der Waals surface area (Å²) in [6, 6.07) is 0. The van der Waals surface area contributed by atoms with Crippen LogP contribution in [0.15, 0.2) is 30.0 Å². The molecule has 0 fully saturated rings. The molecule has 0 amide bonds. The molecule has 0 aromatic carbocycles. The molecule has 0 heterocycles. The quantitative estimate of drug-likeness (QED) is 0.423. The molecule has 0 nitrogen and oxygen atoms in total. The molecule has 0 aliphatic carbocycles. The van der Waals surface area contributed by atoms with E-state index in [1.54, 1.807) is 0 Å². The summed E-state index contributed by atoms with van der Waals surface area (Å²) in [5.74, 6) is 0.651. The fraction of sp³-hybridized carbons (Fsp3) is 0.545. The zero-order chi connectivity index (χ0) is 8.53. The molecule has 0 rings (SSSR count). The summed E-state index contributed by atoms with van der Waals surface area (Å²) in [4.78, 5) is 0. The van der Waals surface area contributed by atoms with Crippen LogP contribution in [0, 0.1) is 5.92 Å². The Bertz CT molecular complexity index is 157. The van der Waals surface area contributed by atoms with Gasteiger partial charge in [-0.25, -0.2) is 0 Å². The van der Waals surface area contributed by atoms with Gasteiger partial charge in [0.25, 0.3) is 0 Å². The molecule has 0 heteroatoms. The maximum atomic E-state index is 3.14. The highest BCUT2D eigenvalue weighted by molar-refractivity contribution is 4.91. The second-order valence-electron chi connectivity index (χ2n) is 2.72. The molecule has 0 aromatic heterocycles. The van der Waals surface area contributed by atoms with Crippen LogP contribution in [0.25, 0.3) is 0 Å². The van der Waals surface area contributed by atoms with Crippen molar-refractivity contribution in [2.45, 2.75) is 33.6 Å². The molecule has 0 N–H and O–H groups in total. The van der Waals surface area contributed by atoms with Crippen LogP contribution in [0.4, 0.5) is 0 Å². The van der Waals surface area contributed by atoms with Crippen molar-refractivity contribution in [3.05, 3.63) is 30.0 Å². The summed E-state index contributed by atoms with van der Waals surface area (Å²) in [5.41, 5.74) is 3.14. The van der Waals surface area contributed by atoms with E-state index in [0.29, 0.717) is 5.92 Å². The fourth-order valence-corrected chi connectivity index (χ4v) is 0.862. The molecular formula is C11H18. The van der Waals surface area contributed by atoms with Gasteiger partial charge in [0.15, 0.2) is 0 Å². The first-order chi connectivity index (χ1) is 5.31. The van der Waals surface area contributed by atoms with Gasteiger partial charge in [0.1, 0.15) is 0 Å². The van der Waals surface area contributed by atoms with Crippen molar-refractivity contribution in [3.63, 3.8) is 0 Å². The van der Waals surface area contributed by atoms with Gasteiger partial charge in [0.05, 0.1) is 0 Å². The van der Waals surface area contributed by atoms with Crippen molar-refractivity contribution in [1.29, 1.82) is 0 Å². The van der Waals surface area contributed by atoms with Crippen molar-refractivity contribution in [3.8, 4) is 0 Å². The van der Waals surface area contributed by atoms with Crippen molar-refractivity contribution < 1.29 is 0 Å². The van der Waals surface area contributed by atoms with Crippen LogP contribution in [-0.2, 0) is 0 Å². The van der Waals surface area contributed by atoms with Crippen LogP contribution in [-0.4, -0.2) is 0 Å². The Kier molecular flexibility index (Phi) is 6.87. The Hall–Kier alpha value is -0.740. The standard InChI is InChI=1S/C11H18/c1-4-6-7-8-10-11(3)9-5-2/h5-6,8-9,11H,4,10H2,1-3H3. The first-order valence-electron chi connectivity index (χ1n) is 4.33. The topological polar surface area (TPSA) is 0 Å². The van der Waals surface area contributed by atoms with E-state index in [-0.39, 0.29) is 0 Å². The zero-order valence-electron chi connectivity index (χ0n) is 7.80. The predicted octanol–water partition coefficient (Wildman–Crippen LogP) is 3.71. The second-order valence-corrected chi connectivity index (χ2v) is 2.72. The summed E-state index contributed by atoms with van der Waals surface area (Å²) in [6.45, 7) is 6.39. The van der Waals surface area contributed by atoms with E-state index < -0.39 is 0 Å². The average Bonchev–Trinajstić information content (AvgIpc) is 1.99. The van der Waals surface area contributed by atoms with E-state index in [4.69, 9.17) is 0 Å². The van der Waals surface area contributed by atoms with Crippen molar-refractivity contribution in [2.24, 2.45) is 5.92 Å². The molecule has 0 radical (unpaired) electrons.